The number of nitrogens with zero attached hydrogens (tertiary/aromatic N) is 2. The molecule has 0 aliphatic carbocycles. The van der Waals surface area contributed by atoms with Crippen molar-refractivity contribution in [3.8, 4) is 0 Å². The number of hydrogen-bond acceptors (Lipinski definition) is 5. The Kier molecular flexibility index (Phi) is 4.21. The highest BCUT2D eigenvalue weighted by Gasteiger charge is 2.20. The SMILES string of the molecule is Cn1ncc(S(N)(=O)=O)c1CNC(=O)OC(C)(C)C. The van der Waals surface area contributed by atoms with Gasteiger partial charge in [-0.1, -0.05) is 0 Å². The summed E-state index contributed by atoms with van der Waals surface area (Å²) in [4.78, 5) is 11.4. The number of nitrogens with one attached hydrogen (secondary N) is 1. The van der Waals surface area contributed by atoms with Crippen molar-refractivity contribution >= 4 is 16.1 Å². The lowest BCUT2D eigenvalue weighted by Crippen LogP contribution is -2.33. The molecule has 1 rings (SSSR count). The number of alkyl carbamates (subject to hydrolysis) is 1. The second-order valence-corrected chi connectivity index (χ2v) is 6.51. The van der Waals surface area contributed by atoms with Gasteiger partial charge in [-0.25, -0.2) is 18.4 Å². The molecule has 0 aromatic carbocycles. The number of ether oxygens (including phenoxy) is 1. The number of carbonyl (C=O) groups is 1. The maximum Gasteiger partial charge on any atom is 0.407 e. The van der Waals surface area contributed by atoms with Gasteiger partial charge < -0.3 is 10.1 Å². The van der Waals surface area contributed by atoms with Gasteiger partial charge in [0.05, 0.1) is 18.4 Å². The highest BCUT2D eigenvalue weighted by molar-refractivity contribution is 7.89. The molecule has 0 saturated carbocycles. The van der Waals surface area contributed by atoms with Crippen LogP contribution in [0.2, 0.25) is 0 Å². The normalized spacial score (nSPS) is 12.3. The maximum atomic E-state index is 11.5. The van der Waals surface area contributed by atoms with Crippen molar-refractivity contribution in [1.29, 1.82) is 0 Å². The lowest BCUT2D eigenvalue weighted by Gasteiger charge is -2.19. The first-order valence-electron chi connectivity index (χ1n) is 5.51. The average Bonchev–Trinajstić information content (AvgIpc) is 2.53. The Bertz CT molecular complexity index is 571. The summed E-state index contributed by atoms with van der Waals surface area (Å²) in [6.45, 7) is 5.14. The summed E-state index contributed by atoms with van der Waals surface area (Å²) in [6, 6.07) is 0. The van der Waals surface area contributed by atoms with Gasteiger partial charge in [0, 0.05) is 7.05 Å². The van der Waals surface area contributed by atoms with Crippen molar-refractivity contribution in [2.45, 2.75) is 37.8 Å². The van der Waals surface area contributed by atoms with E-state index in [-0.39, 0.29) is 17.1 Å². The van der Waals surface area contributed by atoms with Crippen LogP contribution in [0.4, 0.5) is 4.79 Å². The Morgan fingerprint density at radius 2 is 2.11 bits per heavy atom. The van der Waals surface area contributed by atoms with Crippen LogP contribution >= 0.6 is 0 Å². The minimum Gasteiger partial charge on any atom is -0.444 e. The Hall–Kier alpha value is -1.61. The summed E-state index contributed by atoms with van der Waals surface area (Å²) < 4.78 is 29.0. The van der Waals surface area contributed by atoms with Crippen LogP contribution in [0, 0.1) is 0 Å². The van der Waals surface area contributed by atoms with Crippen LogP contribution < -0.4 is 10.5 Å². The fourth-order valence-electron chi connectivity index (χ4n) is 1.35. The molecule has 0 unspecified atom stereocenters. The number of carbonyl (C=O) groups excluding carboxylic acids is 1. The predicted octanol–water partition coefficient (Wildman–Crippen LogP) is 0.0922. The topological polar surface area (TPSA) is 116 Å². The summed E-state index contributed by atoms with van der Waals surface area (Å²) >= 11 is 0. The molecular formula is C10H18N4O4S. The first-order valence-corrected chi connectivity index (χ1v) is 7.06. The molecule has 9 heteroatoms. The van der Waals surface area contributed by atoms with Gasteiger partial charge in [0.15, 0.2) is 0 Å². The lowest BCUT2D eigenvalue weighted by atomic mass is 10.2. The van der Waals surface area contributed by atoms with Crippen LogP contribution in [0.25, 0.3) is 0 Å². The van der Waals surface area contributed by atoms with E-state index in [1.165, 1.54) is 4.68 Å². The summed E-state index contributed by atoms with van der Waals surface area (Å²) in [7, 11) is -2.31. The van der Waals surface area contributed by atoms with Crippen molar-refractivity contribution in [2.24, 2.45) is 12.2 Å². The number of amides is 1. The number of sulfonamides is 1. The zero-order chi connectivity index (χ0) is 14.8. The maximum absolute atomic E-state index is 11.5. The van der Waals surface area contributed by atoms with Gasteiger partial charge in [0.1, 0.15) is 10.5 Å². The Morgan fingerprint density at radius 1 is 1.53 bits per heavy atom. The molecule has 3 N–H and O–H groups in total. The van der Waals surface area contributed by atoms with Gasteiger partial charge in [-0.3, -0.25) is 4.68 Å². The zero-order valence-corrected chi connectivity index (χ0v) is 12.1. The smallest absolute Gasteiger partial charge is 0.407 e. The first kappa shape index (κ1) is 15.4. The van der Waals surface area contributed by atoms with E-state index >= 15 is 0 Å². The van der Waals surface area contributed by atoms with Crippen LogP contribution in [0.5, 0.6) is 0 Å². The number of nitrogens with two attached hydrogens (primary N) is 1. The van der Waals surface area contributed by atoms with Crippen molar-refractivity contribution < 1.29 is 17.9 Å². The second kappa shape index (κ2) is 5.17. The molecule has 19 heavy (non-hydrogen) atoms. The van der Waals surface area contributed by atoms with E-state index in [4.69, 9.17) is 9.88 Å². The average molecular weight is 290 g/mol. The number of primary sulfonamides is 1. The summed E-state index contributed by atoms with van der Waals surface area (Å²) in [6.07, 6.45) is 0.496. The van der Waals surface area contributed by atoms with E-state index in [2.05, 4.69) is 10.4 Å². The van der Waals surface area contributed by atoms with E-state index in [1.54, 1.807) is 27.8 Å². The summed E-state index contributed by atoms with van der Waals surface area (Å²) in [5.74, 6) is 0. The Morgan fingerprint density at radius 3 is 2.58 bits per heavy atom. The highest BCUT2D eigenvalue weighted by Crippen LogP contribution is 2.13. The molecule has 0 atom stereocenters. The molecule has 0 fully saturated rings. The molecule has 1 amide bonds. The molecule has 0 aliphatic heterocycles. The molecule has 0 aliphatic rings. The molecule has 108 valence electrons. The van der Waals surface area contributed by atoms with Crippen LogP contribution in [0.3, 0.4) is 0 Å². The molecular weight excluding hydrogens is 272 g/mol. The monoisotopic (exact) mass is 290 g/mol. The quantitative estimate of drug-likeness (QED) is 0.818. The van der Waals surface area contributed by atoms with Gasteiger partial charge in [0.2, 0.25) is 10.0 Å². The zero-order valence-electron chi connectivity index (χ0n) is 11.3. The van der Waals surface area contributed by atoms with Gasteiger partial charge in [-0.05, 0) is 20.8 Å². The molecule has 0 bridgehead atoms. The van der Waals surface area contributed by atoms with E-state index in [0.717, 1.165) is 6.20 Å². The van der Waals surface area contributed by atoms with Gasteiger partial charge >= 0.3 is 6.09 Å². The minimum absolute atomic E-state index is 0.0445. The number of aryl methyl sites for hydroxylation is 1. The third-order valence-corrected chi connectivity index (χ3v) is 3.08. The fourth-order valence-corrected chi connectivity index (χ4v) is 2.08. The standard InChI is InChI=1S/C10H18N4O4S/c1-10(2,3)18-9(15)12-5-7-8(19(11,16)17)6-13-14(7)4/h6H,5H2,1-4H3,(H,12,15)(H2,11,16,17). The molecule has 0 spiro atoms. The second-order valence-electron chi connectivity index (χ2n) is 4.98. The molecule has 0 saturated heterocycles. The van der Waals surface area contributed by atoms with Crippen molar-refractivity contribution in [2.75, 3.05) is 0 Å². The van der Waals surface area contributed by atoms with Crippen molar-refractivity contribution in [3.05, 3.63) is 11.9 Å². The van der Waals surface area contributed by atoms with Crippen LogP contribution in [-0.2, 0) is 28.4 Å². The number of rotatable bonds is 3. The first-order chi connectivity index (χ1) is 8.50. The molecule has 0 radical (unpaired) electrons. The largest absolute Gasteiger partial charge is 0.444 e. The third-order valence-electron chi connectivity index (χ3n) is 2.13. The van der Waals surface area contributed by atoms with Gasteiger partial charge in [-0.2, -0.15) is 5.10 Å². The fraction of sp³-hybridized carbons (Fsp3) is 0.600. The Balaban J connectivity index is 2.79. The molecule has 1 heterocycles. The number of aromatic nitrogens is 2. The molecule has 1 aromatic heterocycles. The van der Waals surface area contributed by atoms with Crippen LogP contribution in [-0.4, -0.2) is 29.9 Å². The number of hydrogen-bond donors (Lipinski definition) is 2. The summed E-state index contributed by atoms with van der Waals surface area (Å²) in [5.41, 5.74) is -0.340. The van der Waals surface area contributed by atoms with Gasteiger partial charge in [-0.15, -0.1) is 0 Å². The van der Waals surface area contributed by atoms with Crippen LogP contribution in [0.15, 0.2) is 11.1 Å². The van der Waals surface area contributed by atoms with E-state index in [0.29, 0.717) is 0 Å². The lowest BCUT2D eigenvalue weighted by molar-refractivity contribution is 0.0522. The highest BCUT2D eigenvalue weighted by atomic mass is 32.2. The van der Waals surface area contributed by atoms with E-state index in [9.17, 15) is 13.2 Å². The molecule has 1 aromatic rings. The summed E-state index contributed by atoms with van der Waals surface area (Å²) in [5, 5.41) is 11.3. The minimum atomic E-state index is -3.87. The van der Waals surface area contributed by atoms with Crippen LogP contribution in [0.1, 0.15) is 26.5 Å². The molecule has 8 nitrogen and oxygen atoms in total. The van der Waals surface area contributed by atoms with Crippen molar-refractivity contribution in [3.63, 3.8) is 0 Å². The van der Waals surface area contributed by atoms with Gasteiger partial charge in [0.25, 0.3) is 0 Å². The Labute approximate surface area is 112 Å². The van der Waals surface area contributed by atoms with E-state index in [1.807, 2.05) is 0 Å². The predicted molar refractivity (Wildman–Crippen MR) is 67.7 cm³/mol. The third kappa shape index (κ3) is 4.52. The van der Waals surface area contributed by atoms with E-state index < -0.39 is 21.7 Å². The van der Waals surface area contributed by atoms with Crippen molar-refractivity contribution in [1.82, 2.24) is 15.1 Å².